The summed E-state index contributed by atoms with van der Waals surface area (Å²) in [7, 11) is 0. The van der Waals surface area contributed by atoms with Gasteiger partial charge in [-0.25, -0.2) is 4.98 Å². The normalized spacial score (nSPS) is 15.5. The van der Waals surface area contributed by atoms with Crippen molar-refractivity contribution in [2.45, 2.75) is 25.7 Å². The predicted molar refractivity (Wildman–Crippen MR) is 97.3 cm³/mol. The number of benzene rings is 1. The van der Waals surface area contributed by atoms with Crippen LogP contribution in [0.2, 0.25) is 0 Å². The van der Waals surface area contributed by atoms with E-state index in [0.29, 0.717) is 23.9 Å². The van der Waals surface area contributed by atoms with Crippen LogP contribution in [0.5, 0.6) is 0 Å². The number of imidazole rings is 1. The number of nitrogens with zero attached hydrogens (tertiary/aromatic N) is 1. The van der Waals surface area contributed by atoms with Gasteiger partial charge >= 0.3 is 0 Å². The minimum atomic E-state index is 0.0728. The van der Waals surface area contributed by atoms with E-state index in [1.807, 2.05) is 30.3 Å². The van der Waals surface area contributed by atoms with E-state index in [0.717, 1.165) is 36.2 Å². The summed E-state index contributed by atoms with van der Waals surface area (Å²) in [6.45, 7) is 2.14. The number of anilines is 1. The maximum Gasteiger partial charge on any atom is 0.224 e. The van der Waals surface area contributed by atoms with Gasteiger partial charge in [0, 0.05) is 12.1 Å². The third-order valence-electron chi connectivity index (χ3n) is 4.76. The van der Waals surface area contributed by atoms with Gasteiger partial charge in [-0.1, -0.05) is 0 Å². The number of rotatable bonds is 5. The first-order valence-corrected chi connectivity index (χ1v) is 8.82. The molecule has 0 spiro atoms. The third-order valence-corrected chi connectivity index (χ3v) is 4.76. The number of hydrogen-bond acceptors (Lipinski definition) is 4. The molecule has 25 heavy (non-hydrogen) atoms. The van der Waals surface area contributed by atoms with Crippen molar-refractivity contribution in [2.75, 3.05) is 18.4 Å². The van der Waals surface area contributed by atoms with E-state index in [2.05, 4.69) is 20.6 Å². The summed E-state index contributed by atoms with van der Waals surface area (Å²) in [6, 6.07) is 9.40. The van der Waals surface area contributed by atoms with Crippen molar-refractivity contribution in [2.24, 2.45) is 5.92 Å². The average Bonchev–Trinajstić information content (AvgIpc) is 3.30. The van der Waals surface area contributed by atoms with E-state index in [4.69, 9.17) is 4.42 Å². The van der Waals surface area contributed by atoms with Gasteiger partial charge in [0.05, 0.1) is 17.3 Å². The van der Waals surface area contributed by atoms with Crippen LogP contribution >= 0.6 is 0 Å². The quantitative estimate of drug-likeness (QED) is 0.664. The highest BCUT2D eigenvalue weighted by molar-refractivity contribution is 5.93. The third kappa shape index (κ3) is 3.74. The van der Waals surface area contributed by atoms with Crippen LogP contribution in [0.1, 0.15) is 25.7 Å². The molecule has 0 radical (unpaired) electrons. The molecule has 6 nitrogen and oxygen atoms in total. The predicted octanol–water partition coefficient (Wildman–Crippen LogP) is 3.54. The highest BCUT2D eigenvalue weighted by Crippen LogP contribution is 2.23. The van der Waals surface area contributed by atoms with Crippen LogP contribution in [0.25, 0.3) is 22.6 Å². The summed E-state index contributed by atoms with van der Waals surface area (Å²) >= 11 is 0. The number of nitrogens with one attached hydrogen (secondary N) is 3. The molecule has 0 aliphatic carbocycles. The number of piperidine rings is 1. The lowest BCUT2D eigenvalue weighted by Gasteiger charge is -2.22. The maximum atomic E-state index is 12.2. The minimum Gasteiger partial charge on any atom is -0.461 e. The molecule has 1 saturated heterocycles. The van der Waals surface area contributed by atoms with Crippen molar-refractivity contribution in [3.05, 3.63) is 36.6 Å². The first-order valence-electron chi connectivity index (χ1n) is 8.82. The van der Waals surface area contributed by atoms with E-state index in [1.54, 1.807) is 6.26 Å². The van der Waals surface area contributed by atoms with E-state index >= 15 is 0 Å². The van der Waals surface area contributed by atoms with Gasteiger partial charge in [0.2, 0.25) is 5.91 Å². The summed E-state index contributed by atoms with van der Waals surface area (Å²) in [5, 5.41) is 6.35. The molecule has 0 bridgehead atoms. The Morgan fingerprint density at radius 3 is 2.96 bits per heavy atom. The number of hydrogen-bond donors (Lipinski definition) is 3. The van der Waals surface area contributed by atoms with Crippen molar-refractivity contribution < 1.29 is 9.21 Å². The standard InChI is InChI=1S/C19H22N4O2/c24-18(6-3-13-7-9-20-10-8-13)21-14-4-5-15-16(12-14)23-19(22-15)17-2-1-11-25-17/h1-2,4-5,11-13,20H,3,6-10H2,(H,21,24)(H,22,23). The Bertz CT molecular complexity index is 848. The van der Waals surface area contributed by atoms with Crippen LogP contribution < -0.4 is 10.6 Å². The molecule has 130 valence electrons. The number of H-pyrrole nitrogens is 1. The molecule has 2 aromatic heterocycles. The molecule has 4 rings (SSSR count). The second-order valence-electron chi connectivity index (χ2n) is 6.57. The molecule has 0 atom stereocenters. The van der Waals surface area contributed by atoms with Gasteiger partial charge in [-0.05, 0) is 68.6 Å². The molecule has 1 aliphatic rings. The first-order chi connectivity index (χ1) is 12.3. The Kier molecular flexibility index (Phi) is 4.52. The van der Waals surface area contributed by atoms with Gasteiger partial charge in [0.1, 0.15) is 0 Å². The number of fused-ring (bicyclic) bond motifs is 1. The van der Waals surface area contributed by atoms with Gasteiger partial charge in [0.25, 0.3) is 0 Å². The zero-order chi connectivity index (χ0) is 17.1. The van der Waals surface area contributed by atoms with Crippen LogP contribution in [0.4, 0.5) is 5.69 Å². The fourth-order valence-corrected chi connectivity index (χ4v) is 3.35. The summed E-state index contributed by atoms with van der Waals surface area (Å²) in [5.41, 5.74) is 2.51. The number of carbonyl (C=O) groups is 1. The van der Waals surface area contributed by atoms with E-state index in [1.165, 1.54) is 12.8 Å². The van der Waals surface area contributed by atoms with Crippen molar-refractivity contribution in [1.82, 2.24) is 15.3 Å². The second-order valence-corrected chi connectivity index (χ2v) is 6.57. The van der Waals surface area contributed by atoms with Crippen LogP contribution in [0, 0.1) is 5.92 Å². The summed E-state index contributed by atoms with van der Waals surface area (Å²) < 4.78 is 5.37. The molecule has 3 heterocycles. The van der Waals surface area contributed by atoms with E-state index in [9.17, 15) is 4.79 Å². The monoisotopic (exact) mass is 338 g/mol. The van der Waals surface area contributed by atoms with Crippen LogP contribution in [0.3, 0.4) is 0 Å². The fraction of sp³-hybridized carbons (Fsp3) is 0.368. The molecule has 6 heteroatoms. The van der Waals surface area contributed by atoms with Crippen LogP contribution in [-0.4, -0.2) is 29.0 Å². The van der Waals surface area contributed by atoms with Crippen molar-refractivity contribution >= 4 is 22.6 Å². The lowest BCUT2D eigenvalue weighted by atomic mass is 9.93. The molecular weight excluding hydrogens is 316 g/mol. The Hall–Kier alpha value is -2.60. The Morgan fingerprint density at radius 2 is 2.16 bits per heavy atom. The van der Waals surface area contributed by atoms with Gasteiger partial charge in [-0.2, -0.15) is 0 Å². The molecule has 0 unspecified atom stereocenters. The number of aromatic amines is 1. The molecule has 3 aromatic rings. The van der Waals surface area contributed by atoms with E-state index < -0.39 is 0 Å². The summed E-state index contributed by atoms with van der Waals surface area (Å²) in [6.07, 6.45) is 5.49. The smallest absolute Gasteiger partial charge is 0.224 e. The molecule has 0 saturated carbocycles. The number of amides is 1. The average molecular weight is 338 g/mol. The van der Waals surface area contributed by atoms with Crippen molar-refractivity contribution in [3.63, 3.8) is 0 Å². The van der Waals surface area contributed by atoms with Crippen molar-refractivity contribution in [1.29, 1.82) is 0 Å². The lowest BCUT2D eigenvalue weighted by molar-refractivity contribution is -0.116. The first kappa shape index (κ1) is 15.9. The lowest BCUT2D eigenvalue weighted by Crippen LogP contribution is -2.28. The highest BCUT2D eigenvalue weighted by atomic mass is 16.3. The van der Waals surface area contributed by atoms with Crippen molar-refractivity contribution in [3.8, 4) is 11.6 Å². The summed E-state index contributed by atoms with van der Waals surface area (Å²) in [5.74, 6) is 2.12. The summed E-state index contributed by atoms with van der Waals surface area (Å²) in [4.78, 5) is 20.0. The zero-order valence-corrected chi connectivity index (χ0v) is 14.0. The molecular formula is C19H22N4O2. The molecule has 1 aliphatic heterocycles. The second kappa shape index (κ2) is 7.11. The largest absolute Gasteiger partial charge is 0.461 e. The molecule has 1 fully saturated rings. The Labute approximate surface area is 146 Å². The SMILES string of the molecule is O=C(CCC1CCNCC1)Nc1ccc2nc(-c3ccco3)[nH]c2c1. The van der Waals surface area contributed by atoms with E-state index in [-0.39, 0.29) is 5.91 Å². The Balaban J connectivity index is 1.40. The Morgan fingerprint density at radius 1 is 1.28 bits per heavy atom. The molecule has 1 amide bonds. The minimum absolute atomic E-state index is 0.0728. The van der Waals surface area contributed by atoms with Crippen LogP contribution in [0.15, 0.2) is 41.0 Å². The highest BCUT2D eigenvalue weighted by Gasteiger charge is 2.15. The number of furan rings is 1. The van der Waals surface area contributed by atoms with Crippen LogP contribution in [-0.2, 0) is 4.79 Å². The van der Waals surface area contributed by atoms with Gasteiger partial charge in [-0.3, -0.25) is 4.79 Å². The topological polar surface area (TPSA) is 82.9 Å². The molecule has 1 aromatic carbocycles. The number of aromatic nitrogens is 2. The van der Waals surface area contributed by atoms with Gasteiger partial charge in [0.15, 0.2) is 11.6 Å². The molecule has 3 N–H and O–H groups in total. The van der Waals surface area contributed by atoms with Gasteiger partial charge < -0.3 is 20.0 Å². The number of carbonyl (C=O) groups excluding carboxylic acids is 1. The zero-order valence-electron chi connectivity index (χ0n) is 14.0. The van der Waals surface area contributed by atoms with Gasteiger partial charge in [-0.15, -0.1) is 0 Å². The fourth-order valence-electron chi connectivity index (χ4n) is 3.35. The maximum absolute atomic E-state index is 12.2.